The van der Waals surface area contributed by atoms with Gasteiger partial charge in [0.05, 0.1) is 12.8 Å². The fourth-order valence-corrected chi connectivity index (χ4v) is 2.21. The van der Waals surface area contributed by atoms with Crippen molar-refractivity contribution in [3.63, 3.8) is 0 Å². The van der Waals surface area contributed by atoms with Crippen molar-refractivity contribution < 1.29 is 9.53 Å². The number of carbonyl (C=O) groups excluding carboxylic acids is 1. The molecule has 3 heteroatoms. The highest BCUT2D eigenvalue weighted by atomic mass is 16.5. The standard InChI is InChI=1S/C13H17NO2/c1-2-16-11-7-10(8-14-9-11)12-5-3-4-6-13(12)15/h7-9,12H,2-6H2,1H3. The fourth-order valence-electron chi connectivity index (χ4n) is 2.21. The van der Waals surface area contributed by atoms with Gasteiger partial charge in [-0.3, -0.25) is 9.78 Å². The molecular weight excluding hydrogens is 202 g/mol. The zero-order valence-electron chi connectivity index (χ0n) is 9.61. The van der Waals surface area contributed by atoms with Gasteiger partial charge < -0.3 is 4.74 Å². The van der Waals surface area contributed by atoms with Crippen LogP contribution in [0.5, 0.6) is 5.75 Å². The highest BCUT2D eigenvalue weighted by Crippen LogP contribution is 2.30. The Balaban J connectivity index is 2.18. The van der Waals surface area contributed by atoms with E-state index in [1.165, 1.54) is 0 Å². The number of nitrogens with zero attached hydrogens (tertiary/aromatic N) is 1. The Bertz CT molecular complexity index is 376. The van der Waals surface area contributed by atoms with E-state index in [9.17, 15) is 4.79 Å². The highest BCUT2D eigenvalue weighted by Gasteiger charge is 2.24. The van der Waals surface area contributed by atoms with E-state index in [0.29, 0.717) is 18.8 Å². The van der Waals surface area contributed by atoms with Gasteiger partial charge in [-0.25, -0.2) is 0 Å². The zero-order chi connectivity index (χ0) is 11.4. The van der Waals surface area contributed by atoms with Gasteiger partial charge in [0.15, 0.2) is 0 Å². The van der Waals surface area contributed by atoms with Gasteiger partial charge in [-0.2, -0.15) is 0 Å². The van der Waals surface area contributed by atoms with Crippen LogP contribution in [0.2, 0.25) is 0 Å². The van der Waals surface area contributed by atoms with Crippen molar-refractivity contribution in [3.8, 4) is 5.75 Å². The van der Waals surface area contributed by atoms with Gasteiger partial charge in [-0.05, 0) is 31.4 Å². The van der Waals surface area contributed by atoms with E-state index in [2.05, 4.69) is 4.98 Å². The Morgan fingerprint density at radius 3 is 3.06 bits per heavy atom. The van der Waals surface area contributed by atoms with Crippen molar-refractivity contribution in [2.24, 2.45) is 0 Å². The van der Waals surface area contributed by atoms with Gasteiger partial charge in [0, 0.05) is 18.5 Å². The van der Waals surface area contributed by atoms with Gasteiger partial charge >= 0.3 is 0 Å². The molecule has 1 heterocycles. The van der Waals surface area contributed by atoms with Crippen LogP contribution in [0.15, 0.2) is 18.5 Å². The molecule has 16 heavy (non-hydrogen) atoms. The summed E-state index contributed by atoms with van der Waals surface area (Å²) in [4.78, 5) is 15.9. The van der Waals surface area contributed by atoms with Crippen LogP contribution in [0.3, 0.4) is 0 Å². The van der Waals surface area contributed by atoms with Crippen LogP contribution in [-0.4, -0.2) is 17.4 Å². The van der Waals surface area contributed by atoms with Crippen LogP contribution in [-0.2, 0) is 4.79 Å². The van der Waals surface area contributed by atoms with Crippen molar-refractivity contribution in [2.75, 3.05) is 6.61 Å². The average molecular weight is 219 g/mol. The second-order valence-corrected chi connectivity index (χ2v) is 4.15. The first-order chi connectivity index (χ1) is 7.81. The van der Waals surface area contributed by atoms with Crippen LogP contribution >= 0.6 is 0 Å². The minimum Gasteiger partial charge on any atom is -0.492 e. The molecule has 0 spiro atoms. The Morgan fingerprint density at radius 1 is 1.44 bits per heavy atom. The minimum atomic E-state index is 0.0432. The molecule has 0 aliphatic heterocycles. The lowest BCUT2D eigenvalue weighted by atomic mass is 9.83. The van der Waals surface area contributed by atoms with Gasteiger partial charge in [-0.1, -0.05) is 6.42 Å². The number of carbonyl (C=O) groups is 1. The lowest BCUT2D eigenvalue weighted by Gasteiger charge is -2.20. The molecule has 0 amide bonds. The summed E-state index contributed by atoms with van der Waals surface area (Å²) in [6, 6.07) is 1.95. The van der Waals surface area contributed by atoms with Crippen molar-refractivity contribution in [1.82, 2.24) is 4.98 Å². The molecule has 1 aliphatic rings. The average Bonchev–Trinajstić information content (AvgIpc) is 2.30. The number of ether oxygens (including phenoxy) is 1. The number of hydrogen-bond acceptors (Lipinski definition) is 3. The quantitative estimate of drug-likeness (QED) is 0.784. The van der Waals surface area contributed by atoms with Crippen LogP contribution in [0.4, 0.5) is 0 Å². The minimum absolute atomic E-state index is 0.0432. The topological polar surface area (TPSA) is 39.2 Å². The molecule has 1 saturated carbocycles. The summed E-state index contributed by atoms with van der Waals surface area (Å²) in [5.41, 5.74) is 1.01. The summed E-state index contributed by atoms with van der Waals surface area (Å²) in [7, 11) is 0. The van der Waals surface area contributed by atoms with Gasteiger partial charge in [-0.15, -0.1) is 0 Å². The third-order valence-corrected chi connectivity index (χ3v) is 3.00. The Hall–Kier alpha value is -1.38. The first-order valence-electron chi connectivity index (χ1n) is 5.91. The SMILES string of the molecule is CCOc1cncc(C2CCCCC2=O)c1. The van der Waals surface area contributed by atoms with Crippen LogP contribution in [0.1, 0.15) is 44.1 Å². The third kappa shape index (κ3) is 2.40. The molecule has 3 nitrogen and oxygen atoms in total. The van der Waals surface area contributed by atoms with Crippen molar-refractivity contribution in [1.29, 1.82) is 0 Å². The third-order valence-electron chi connectivity index (χ3n) is 3.00. The maximum absolute atomic E-state index is 11.8. The molecular formula is C13H17NO2. The number of hydrogen-bond donors (Lipinski definition) is 0. The Kier molecular flexibility index (Phi) is 3.54. The second kappa shape index (κ2) is 5.10. The number of rotatable bonds is 3. The van der Waals surface area contributed by atoms with Crippen molar-refractivity contribution in [2.45, 2.75) is 38.5 Å². The predicted molar refractivity (Wildman–Crippen MR) is 61.6 cm³/mol. The first-order valence-corrected chi connectivity index (χ1v) is 5.91. The largest absolute Gasteiger partial charge is 0.492 e. The lowest BCUT2D eigenvalue weighted by Crippen LogP contribution is -2.17. The molecule has 86 valence electrons. The summed E-state index contributed by atoms with van der Waals surface area (Å²) >= 11 is 0. The molecule has 0 aromatic carbocycles. The summed E-state index contributed by atoms with van der Waals surface area (Å²) in [6.07, 6.45) is 7.32. The molecule has 0 N–H and O–H groups in total. The normalized spacial score (nSPS) is 20.8. The number of aromatic nitrogens is 1. The van der Waals surface area contributed by atoms with E-state index in [1.807, 2.05) is 13.0 Å². The number of pyridine rings is 1. The Morgan fingerprint density at radius 2 is 2.31 bits per heavy atom. The summed E-state index contributed by atoms with van der Waals surface area (Å²) in [6.45, 7) is 2.57. The smallest absolute Gasteiger partial charge is 0.140 e. The molecule has 1 aromatic rings. The van der Waals surface area contributed by atoms with E-state index in [-0.39, 0.29) is 5.92 Å². The molecule has 0 bridgehead atoms. The van der Waals surface area contributed by atoms with E-state index < -0.39 is 0 Å². The molecule has 0 saturated heterocycles. The van der Waals surface area contributed by atoms with Crippen molar-refractivity contribution >= 4 is 5.78 Å². The predicted octanol–water partition coefficient (Wildman–Crippen LogP) is 2.71. The molecule has 1 atom stereocenters. The summed E-state index contributed by atoms with van der Waals surface area (Å²) in [5.74, 6) is 1.15. The highest BCUT2D eigenvalue weighted by molar-refractivity contribution is 5.86. The van der Waals surface area contributed by atoms with E-state index in [1.54, 1.807) is 12.4 Å². The van der Waals surface area contributed by atoms with Gasteiger partial charge in [0.1, 0.15) is 11.5 Å². The zero-order valence-corrected chi connectivity index (χ0v) is 9.61. The molecule has 1 aromatic heterocycles. The van der Waals surface area contributed by atoms with Gasteiger partial charge in [0.25, 0.3) is 0 Å². The fraction of sp³-hybridized carbons (Fsp3) is 0.538. The van der Waals surface area contributed by atoms with Crippen molar-refractivity contribution in [3.05, 3.63) is 24.0 Å². The van der Waals surface area contributed by atoms with Crippen LogP contribution in [0, 0.1) is 0 Å². The summed E-state index contributed by atoms with van der Waals surface area (Å²) in [5, 5.41) is 0. The lowest BCUT2D eigenvalue weighted by molar-refractivity contribution is -0.121. The second-order valence-electron chi connectivity index (χ2n) is 4.15. The maximum atomic E-state index is 11.8. The number of ketones is 1. The van der Waals surface area contributed by atoms with E-state index >= 15 is 0 Å². The molecule has 1 fully saturated rings. The maximum Gasteiger partial charge on any atom is 0.140 e. The van der Waals surface area contributed by atoms with E-state index in [0.717, 1.165) is 30.6 Å². The Labute approximate surface area is 95.8 Å². The van der Waals surface area contributed by atoms with Crippen LogP contribution < -0.4 is 4.74 Å². The monoisotopic (exact) mass is 219 g/mol. The number of Topliss-reactive ketones (excluding diaryl/α,β-unsaturated/α-hetero) is 1. The summed E-state index contributed by atoms with van der Waals surface area (Å²) < 4.78 is 5.40. The molecule has 1 unspecified atom stereocenters. The van der Waals surface area contributed by atoms with Crippen LogP contribution in [0.25, 0.3) is 0 Å². The molecule has 2 rings (SSSR count). The molecule has 0 radical (unpaired) electrons. The van der Waals surface area contributed by atoms with E-state index in [4.69, 9.17) is 4.74 Å². The first kappa shape index (κ1) is 11.1. The van der Waals surface area contributed by atoms with Gasteiger partial charge in [0.2, 0.25) is 0 Å². The molecule has 1 aliphatic carbocycles.